The van der Waals surface area contributed by atoms with E-state index in [2.05, 4.69) is 281 Å². The van der Waals surface area contributed by atoms with E-state index in [1.807, 2.05) is 0 Å². The summed E-state index contributed by atoms with van der Waals surface area (Å²) < 4.78 is 19.9. The Labute approximate surface area is 525 Å². The lowest BCUT2D eigenvalue weighted by Crippen LogP contribution is -2.63. The molecule has 2 aliphatic carbocycles. The number of hydrogen-bond donors (Lipinski definition) is 0. The molecule has 0 amide bonds. The second kappa shape index (κ2) is 18.0. The molecular weight excluding hydrogens is 1100 g/mol. The molecule has 4 aromatic heterocycles. The van der Waals surface area contributed by atoms with Crippen molar-refractivity contribution in [2.75, 3.05) is 9.80 Å². The molecule has 0 unspecified atom stereocenters. The zero-order valence-corrected chi connectivity index (χ0v) is 52.1. The van der Waals surface area contributed by atoms with E-state index >= 15 is 0 Å². The second-order valence-electron chi connectivity index (χ2n) is 29.0. The van der Waals surface area contributed by atoms with Crippen LogP contribution in [0.4, 0.5) is 34.4 Å². The number of rotatable bonds is 4. The van der Waals surface area contributed by atoms with Crippen molar-refractivity contribution in [3.63, 3.8) is 0 Å². The van der Waals surface area contributed by atoms with Gasteiger partial charge in [-0.05, 0) is 152 Å². The lowest BCUT2D eigenvalue weighted by atomic mass is 9.31. The summed E-state index contributed by atoms with van der Waals surface area (Å²) in [5.74, 6) is 6.41. The van der Waals surface area contributed by atoms with Gasteiger partial charge >= 0.3 is 0 Å². The molecule has 19 rings (SSSR count). The van der Waals surface area contributed by atoms with Gasteiger partial charge in [0.15, 0.2) is 0 Å². The molecule has 4 aliphatic heterocycles. The van der Waals surface area contributed by atoms with Gasteiger partial charge in [0.1, 0.15) is 46.3 Å². The van der Waals surface area contributed by atoms with Crippen LogP contribution in [0.5, 0.6) is 23.0 Å². The van der Waals surface area contributed by atoms with Gasteiger partial charge in [0.2, 0.25) is 0 Å². The highest BCUT2D eigenvalue weighted by Crippen LogP contribution is 2.52. The fourth-order valence-corrected chi connectivity index (χ4v) is 17.1. The van der Waals surface area contributed by atoms with Gasteiger partial charge in [-0.1, -0.05) is 183 Å². The van der Waals surface area contributed by atoms with Crippen LogP contribution < -0.4 is 52.1 Å². The minimum absolute atomic E-state index is 0.0103. The Morgan fingerprint density at radius 1 is 0.333 bits per heavy atom. The molecule has 0 radical (unpaired) electrons. The first-order chi connectivity index (χ1) is 43.6. The molecule has 0 spiro atoms. The van der Waals surface area contributed by atoms with Gasteiger partial charge in [-0.2, -0.15) is 0 Å². The third kappa shape index (κ3) is 7.10. The van der Waals surface area contributed by atoms with Crippen LogP contribution in [0.25, 0.3) is 55.2 Å². The van der Waals surface area contributed by atoms with Gasteiger partial charge in [-0.25, -0.2) is 9.97 Å². The van der Waals surface area contributed by atoms with Crippen LogP contribution >= 0.6 is 0 Å². The van der Waals surface area contributed by atoms with E-state index < -0.39 is 0 Å². The van der Waals surface area contributed by atoms with Crippen molar-refractivity contribution < 1.29 is 9.47 Å². The number of anilines is 6. The molecule has 10 heteroatoms. The van der Waals surface area contributed by atoms with Gasteiger partial charge in [0.25, 0.3) is 13.4 Å². The van der Waals surface area contributed by atoms with Gasteiger partial charge in [-0.3, -0.25) is 18.9 Å². The molecule has 0 saturated heterocycles. The maximum atomic E-state index is 7.61. The van der Waals surface area contributed by atoms with E-state index in [-0.39, 0.29) is 35.1 Å². The highest BCUT2D eigenvalue weighted by molar-refractivity contribution is 7.02. The van der Waals surface area contributed by atoms with Crippen molar-refractivity contribution in [3.05, 3.63) is 229 Å². The second-order valence-corrected chi connectivity index (χ2v) is 29.0. The molecule has 9 aromatic carbocycles. The number of hydrogen-bond acceptors (Lipinski definition) is 6. The first-order valence-electron chi connectivity index (χ1n) is 32.3. The number of ether oxygens (including phenoxy) is 2. The van der Waals surface area contributed by atoms with Crippen LogP contribution in [-0.2, 0) is 21.7 Å². The van der Waals surface area contributed by atoms with Crippen molar-refractivity contribution >= 4 is 124 Å². The third-order valence-electron chi connectivity index (χ3n) is 22.0. The molecule has 0 atom stereocenters. The van der Waals surface area contributed by atoms with Crippen molar-refractivity contribution in [1.82, 2.24) is 19.1 Å². The summed E-state index contributed by atoms with van der Waals surface area (Å²) in [4.78, 5) is 16.8. The Hall–Kier alpha value is -9.79. The molecule has 13 aromatic rings. The largest absolute Gasteiger partial charge is 0.458 e. The monoisotopic (exact) mass is 1160 g/mol. The van der Waals surface area contributed by atoms with Gasteiger partial charge in [0.05, 0.1) is 22.1 Å². The number of fused-ring (bicyclic) bond motifs is 16. The Morgan fingerprint density at radius 3 is 1.07 bits per heavy atom. The Bertz CT molecular complexity index is 4910. The van der Waals surface area contributed by atoms with Crippen LogP contribution in [0.15, 0.2) is 206 Å². The number of nitrogens with zero attached hydrogens (tertiary/aromatic N) is 6. The highest BCUT2D eigenvalue weighted by atomic mass is 16.5. The lowest BCUT2D eigenvalue weighted by Gasteiger charge is -2.44. The van der Waals surface area contributed by atoms with Gasteiger partial charge < -0.3 is 9.47 Å². The van der Waals surface area contributed by atoms with E-state index in [0.29, 0.717) is 0 Å². The maximum absolute atomic E-state index is 7.61. The molecule has 0 N–H and O–H groups in total. The molecule has 90 heavy (non-hydrogen) atoms. The predicted octanol–water partition coefficient (Wildman–Crippen LogP) is 16.2. The van der Waals surface area contributed by atoms with Gasteiger partial charge in [-0.15, -0.1) is 0 Å². The van der Waals surface area contributed by atoms with E-state index in [0.717, 1.165) is 139 Å². The summed E-state index contributed by atoms with van der Waals surface area (Å²) in [7, 11) is 0. The van der Waals surface area contributed by atoms with E-state index in [1.54, 1.807) is 0 Å². The van der Waals surface area contributed by atoms with Gasteiger partial charge in [0, 0.05) is 73.4 Å². The normalized spacial score (nSPS) is 17.2. The van der Waals surface area contributed by atoms with Crippen LogP contribution in [0.3, 0.4) is 0 Å². The average Bonchev–Trinajstić information content (AvgIpc) is 0.824. The van der Waals surface area contributed by atoms with Crippen molar-refractivity contribution in [2.45, 2.75) is 103 Å². The predicted molar refractivity (Wildman–Crippen MR) is 373 cm³/mol. The third-order valence-corrected chi connectivity index (χ3v) is 22.0. The molecular formula is C80H66B2N6O2. The van der Waals surface area contributed by atoms with E-state index in [4.69, 9.17) is 19.4 Å². The Morgan fingerprint density at radius 2 is 0.678 bits per heavy atom. The fourth-order valence-electron chi connectivity index (χ4n) is 17.1. The lowest BCUT2D eigenvalue weighted by molar-refractivity contribution is 0.332. The zero-order chi connectivity index (χ0) is 60.5. The summed E-state index contributed by atoms with van der Waals surface area (Å²) in [6, 6.07) is 76.3. The minimum atomic E-state index is -0.237. The highest BCUT2D eigenvalue weighted by Gasteiger charge is 2.49. The van der Waals surface area contributed by atoms with Crippen LogP contribution in [-0.4, -0.2) is 32.5 Å². The molecule has 8 heterocycles. The number of benzene rings is 9. The van der Waals surface area contributed by atoms with Crippen molar-refractivity contribution in [2.24, 2.45) is 0 Å². The Balaban J connectivity index is 0.855. The van der Waals surface area contributed by atoms with E-state index in [1.165, 1.54) is 54.7 Å². The first-order valence-corrected chi connectivity index (χ1v) is 32.3. The van der Waals surface area contributed by atoms with E-state index in [9.17, 15) is 0 Å². The molecule has 434 valence electrons. The number of pyridine rings is 2. The Kier molecular flexibility index (Phi) is 10.4. The average molecular weight is 1170 g/mol. The molecule has 6 aliphatic rings. The summed E-state index contributed by atoms with van der Waals surface area (Å²) in [6.07, 6.45) is 4.52. The minimum Gasteiger partial charge on any atom is -0.458 e. The topological polar surface area (TPSA) is 60.6 Å². The molecule has 0 bridgehead atoms. The van der Waals surface area contributed by atoms with Crippen LogP contribution in [0.2, 0.25) is 0 Å². The standard InChI is InChI=1S/C80H66B2N6O2/c1-77(2)37-39-79(5,6)55-41-47(33-35-53(55)77)85-65-31-19-13-25-57(65)81-59-43-60-68(44-67(59)89-69-45-71(83-75(85)73(69)81)87-61-27-15-9-21-49(61)50-22-10-16-28-62(50)87)90-70-46-72(88-63-29-17-11-23-51(63)52-24-12-18-30-64(52)88)84-76-74(70)82(60)58-26-14-20-32-66(58)86(76)48-34-36-54-56(42-48)80(7,8)40-38-78(54,3)4/h9-36,41-46H,37-40H2,1-8H3. The summed E-state index contributed by atoms with van der Waals surface area (Å²) in [5.41, 5.74) is 21.2. The van der Waals surface area contributed by atoms with Crippen LogP contribution in [0.1, 0.15) is 103 Å². The van der Waals surface area contributed by atoms with Crippen LogP contribution in [0, 0.1) is 0 Å². The number of para-hydroxylation sites is 6. The van der Waals surface area contributed by atoms with Crippen molar-refractivity contribution in [1.29, 1.82) is 0 Å². The quantitative estimate of drug-likeness (QED) is 0.164. The number of aromatic nitrogens is 4. The molecule has 0 saturated carbocycles. The molecule has 8 nitrogen and oxygen atoms in total. The zero-order valence-electron chi connectivity index (χ0n) is 52.1. The van der Waals surface area contributed by atoms with Crippen molar-refractivity contribution in [3.8, 4) is 34.6 Å². The SMILES string of the molecule is CC1(C)CCC(C)(C)c2cc(N3c4ccccc4B4c5cc6c(cc5Oc5cc(-n7c8ccccc8c8ccccc87)nc3c54)Oc3cc(-n4c5ccccc5c5ccccc54)nc4c3B6c3ccccc3N4c3ccc4c(c3)C(C)(C)CCC4(C)C)ccc21. The molecule has 0 fully saturated rings. The maximum Gasteiger partial charge on any atom is 0.258 e. The summed E-state index contributed by atoms with van der Waals surface area (Å²) in [5, 5.41) is 4.72. The summed E-state index contributed by atoms with van der Waals surface area (Å²) in [6.45, 7) is 18.8. The first kappa shape index (κ1) is 52.2. The smallest absolute Gasteiger partial charge is 0.258 e. The summed E-state index contributed by atoms with van der Waals surface area (Å²) >= 11 is 0. The fraction of sp³-hybridized carbons (Fsp3) is 0.200.